The zero-order valence-electron chi connectivity index (χ0n) is 12.9. The van der Waals surface area contributed by atoms with Crippen LogP contribution in [-0.4, -0.2) is 12.9 Å². The summed E-state index contributed by atoms with van der Waals surface area (Å²) in [6, 6.07) is 15.2. The van der Waals surface area contributed by atoms with Crippen LogP contribution in [0.25, 0.3) is 12.2 Å². The average molecular weight is 325 g/mol. The van der Waals surface area contributed by atoms with Crippen LogP contribution in [0.2, 0.25) is 5.02 Å². The monoisotopic (exact) mass is 324 g/mol. The van der Waals surface area contributed by atoms with E-state index in [1.807, 2.05) is 60.7 Å². The van der Waals surface area contributed by atoms with Crippen LogP contribution in [0.1, 0.15) is 24.0 Å². The third kappa shape index (κ3) is 3.72. The number of methoxy groups -OCH3 is 1. The molecule has 0 saturated heterocycles. The van der Waals surface area contributed by atoms with Crippen LogP contribution in [-0.2, 0) is 4.79 Å². The van der Waals surface area contributed by atoms with Crippen molar-refractivity contribution in [2.45, 2.75) is 12.8 Å². The van der Waals surface area contributed by atoms with E-state index in [4.69, 9.17) is 16.3 Å². The molecule has 0 N–H and O–H groups in total. The van der Waals surface area contributed by atoms with E-state index in [0.717, 1.165) is 40.9 Å². The predicted octanol–water partition coefficient (Wildman–Crippen LogP) is 5.18. The molecule has 116 valence electrons. The van der Waals surface area contributed by atoms with Gasteiger partial charge < -0.3 is 4.74 Å². The van der Waals surface area contributed by atoms with Crippen molar-refractivity contribution >= 4 is 29.5 Å². The average Bonchev–Trinajstić information content (AvgIpc) is 2.91. The summed E-state index contributed by atoms with van der Waals surface area (Å²) in [4.78, 5) is 12.5. The normalized spacial score (nSPS) is 17.9. The first-order chi connectivity index (χ1) is 11.2. The van der Waals surface area contributed by atoms with Crippen LogP contribution in [0.4, 0.5) is 0 Å². The number of ketones is 1. The molecule has 2 nitrogen and oxygen atoms in total. The standard InChI is InChI=1S/C20H17ClO2/c1-23-19-10-4-15(5-11-19)13-17-7-6-16(20(17)22)12-14-2-8-18(21)9-3-14/h2-5,8-13H,6-7H2,1H3/b16-12-,17-13+. The Morgan fingerprint density at radius 3 is 1.83 bits per heavy atom. The fourth-order valence-corrected chi connectivity index (χ4v) is 2.77. The topological polar surface area (TPSA) is 26.3 Å². The van der Waals surface area contributed by atoms with Gasteiger partial charge in [0.1, 0.15) is 5.75 Å². The summed E-state index contributed by atoms with van der Waals surface area (Å²) in [5, 5.41) is 0.699. The largest absolute Gasteiger partial charge is 0.497 e. The fourth-order valence-electron chi connectivity index (χ4n) is 2.64. The van der Waals surface area contributed by atoms with Crippen molar-refractivity contribution in [3.05, 3.63) is 75.8 Å². The molecule has 0 aliphatic heterocycles. The summed E-state index contributed by atoms with van der Waals surface area (Å²) in [6.45, 7) is 0. The van der Waals surface area contributed by atoms with E-state index in [0.29, 0.717) is 5.02 Å². The van der Waals surface area contributed by atoms with Gasteiger partial charge in [0.05, 0.1) is 7.11 Å². The quantitative estimate of drug-likeness (QED) is 0.727. The number of carbonyl (C=O) groups excluding carboxylic acids is 1. The van der Waals surface area contributed by atoms with E-state index in [1.54, 1.807) is 7.11 Å². The molecule has 0 spiro atoms. The highest BCUT2D eigenvalue weighted by atomic mass is 35.5. The smallest absolute Gasteiger partial charge is 0.185 e. The maximum atomic E-state index is 12.5. The van der Waals surface area contributed by atoms with Crippen molar-refractivity contribution in [3.8, 4) is 5.75 Å². The van der Waals surface area contributed by atoms with E-state index in [9.17, 15) is 4.79 Å². The van der Waals surface area contributed by atoms with Gasteiger partial charge in [-0.3, -0.25) is 4.79 Å². The molecule has 1 aliphatic carbocycles. The minimum atomic E-state index is 0.135. The maximum Gasteiger partial charge on any atom is 0.185 e. The van der Waals surface area contributed by atoms with Gasteiger partial charge in [0.15, 0.2) is 5.78 Å². The minimum Gasteiger partial charge on any atom is -0.497 e. The Bertz CT molecular complexity index is 768. The highest BCUT2D eigenvalue weighted by Gasteiger charge is 2.22. The molecule has 2 aromatic carbocycles. The molecule has 0 aromatic heterocycles. The predicted molar refractivity (Wildman–Crippen MR) is 94.6 cm³/mol. The third-order valence-electron chi connectivity index (χ3n) is 3.91. The van der Waals surface area contributed by atoms with Gasteiger partial charge in [-0.15, -0.1) is 0 Å². The fraction of sp³-hybridized carbons (Fsp3) is 0.150. The van der Waals surface area contributed by atoms with Crippen LogP contribution in [0.3, 0.4) is 0 Å². The van der Waals surface area contributed by atoms with E-state index in [1.165, 1.54) is 0 Å². The molecule has 1 saturated carbocycles. The number of benzene rings is 2. The number of carbonyl (C=O) groups is 1. The molecule has 0 atom stereocenters. The number of Topliss-reactive ketones (excluding diaryl/α,β-unsaturated/α-hetero) is 1. The Hall–Kier alpha value is -2.32. The number of hydrogen-bond acceptors (Lipinski definition) is 2. The second-order valence-corrected chi connectivity index (χ2v) is 5.93. The highest BCUT2D eigenvalue weighted by molar-refractivity contribution is 6.30. The van der Waals surface area contributed by atoms with Gasteiger partial charge in [-0.2, -0.15) is 0 Å². The Morgan fingerprint density at radius 2 is 1.35 bits per heavy atom. The lowest BCUT2D eigenvalue weighted by Crippen LogP contribution is -1.95. The highest BCUT2D eigenvalue weighted by Crippen LogP contribution is 2.30. The molecular formula is C20H17ClO2. The van der Waals surface area contributed by atoms with Gasteiger partial charge in [-0.05, 0) is 60.4 Å². The Kier molecular flexibility index (Phi) is 4.63. The summed E-state index contributed by atoms with van der Waals surface area (Å²) >= 11 is 5.89. The zero-order valence-corrected chi connectivity index (χ0v) is 13.6. The van der Waals surface area contributed by atoms with E-state index in [-0.39, 0.29) is 5.78 Å². The van der Waals surface area contributed by atoms with Crippen molar-refractivity contribution in [1.82, 2.24) is 0 Å². The first-order valence-electron chi connectivity index (χ1n) is 7.51. The van der Waals surface area contributed by atoms with Crippen LogP contribution < -0.4 is 4.74 Å². The lowest BCUT2D eigenvalue weighted by molar-refractivity contribution is -0.111. The second-order valence-electron chi connectivity index (χ2n) is 5.49. The lowest BCUT2D eigenvalue weighted by atomic mass is 10.1. The number of hydrogen-bond donors (Lipinski definition) is 0. The van der Waals surface area contributed by atoms with Gasteiger partial charge in [0.25, 0.3) is 0 Å². The number of rotatable bonds is 3. The molecule has 0 amide bonds. The van der Waals surface area contributed by atoms with E-state index in [2.05, 4.69) is 0 Å². The summed E-state index contributed by atoms with van der Waals surface area (Å²) in [7, 11) is 1.64. The second kappa shape index (κ2) is 6.84. The van der Waals surface area contributed by atoms with Crippen LogP contribution in [0.5, 0.6) is 5.75 Å². The van der Waals surface area contributed by atoms with Gasteiger partial charge in [0, 0.05) is 16.2 Å². The number of allylic oxidation sites excluding steroid dienone is 2. The number of halogens is 1. The third-order valence-corrected chi connectivity index (χ3v) is 4.17. The molecular weight excluding hydrogens is 308 g/mol. The van der Waals surface area contributed by atoms with E-state index < -0.39 is 0 Å². The van der Waals surface area contributed by atoms with Crippen molar-refractivity contribution in [2.24, 2.45) is 0 Å². The molecule has 0 bridgehead atoms. The maximum absolute atomic E-state index is 12.5. The molecule has 1 fully saturated rings. The van der Waals surface area contributed by atoms with Gasteiger partial charge in [0.2, 0.25) is 0 Å². The van der Waals surface area contributed by atoms with Crippen molar-refractivity contribution in [1.29, 1.82) is 0 Å². The lowest BCUT2D eigenvalue weighted by Gasteiger charge is -2.00. The molecule has 23 heavy (non-hydrogen) atoms. The van der Waals surface area contributed by atoms with E-state index >= 15 is 0 Å². The Balaban J connectivity index is 1.80. The summed E-state index contributed by atoms with van der Waals surface area (Å²) in [6.07, 6.45) is 5.48. The molecule has 3 heteroatoms. The molecule has 0 radical (unpaired) electrons. The SMILES string of the molecule is COc1ccc(/C=C2\CC/C(=C/c3ccc(Cl)cc3)C2=O)cc1. The van der Waals surface area contributed by atoms with Gasteiger partial charge in [-0.25, -0.2) is 0 Å². The molecule has 2 aromatic rings. The van der Waals surface area contributed by atoms with Crippen molar-refractivity contribution < 1.29 is 9.53 Å². The van der Waals surface area contributed by atoms with Crippen LogP contribution in [0.15, 0.2) is 59.7 Å². The van der Waals surface area contributed by atoms with Crippen molar-refractivity contribution in [2.75, 3.05) is 7.11 Å². The minimum absolute atomic E-state index is 0.135. The Labute approximate surface area is 141 Å². The summed E-state index contributed by atoms with van der Waals surface area (Å²) < 4.78 is 5.15. The molecule has 1 aliphatic rings. The molecule has 0 unspecified atom stereocenters. The molecule has 3 rings (SSSR count). The first kappa shape index (κ1) is 15.6. The summed E-state index contributed by atoms with van der Waals surface area (Å²) in [5.74, 6) is 0.948. The summed E-state index contributed by atoms with van der Waals surface area (Å²) in [5.41, 5.74) is 3.73. The molecule has 0 heterocycles. The van der Waals surface area contributed by atoms with Crippen molar-refractivity contribution in [3.63, 3.8) is 0 Å². The van der Waals surface area contributed by atoms with Gasteiger partial charge in [-0.1, -0.05) is 35.9 Å². The number of ether oxygens (including phenoxy) is 1. The van der Waals surface area contributed by atoms with Crippen LogP contribution >= 0.6 is 11.6 Å². The van der Waals surface area contributed by atoms with Gasteiger partial charge >= 0.3 is 0 Å². The first-order valence-corrected chi connectivity index (χ1v) is 7.89. The van der Waals surface area contributed by atoms with Crippen LogP contribution in [0, 0.1) is 0 Å². The Morgan fingerprint density at radius 1 is 0.870 bits per heavy atom. The zero-order chi connectivity index (χ0) is 16.2.